The van der Waals surface area contributed by atoms with Gasteiger partial charge in [0.15, 0.2) is 11.6 Å². The molecule has 1 aromatic rings. The summed E-state index contributed by atoms with van der Waals surface area (Å²) in [6.45, 7) is 0. The van der Waals surface area contributed by atoms with Crippen LogP contribution in [-0.4, -0.2) is 12.0 Å². The Morgan fingerprint density at radius 1 is 1.21 bits per heavy atom. The van der Waals surface area contributed by atoms with E-state index in [1.807, 2.05) is 0 Å². The predicted octanol–water partition coefficient (Wildman–Crippen LogP) is 4.39. The third kappa shape index (κ3) is 2.59. The average molecular weight is 299 g/mol. The molecule has 1 saturated carbocycles. The van der Waals surface area contributed by atoms with Gasteiger partial charge in [0.05, 0.1) is 11.5 Å². The zero-order valence-electron chi connectivity index (χ0n) is 9.40. The van der Waals surface area contributed by atoms with Crippen LogP contribution >= 0.6 is 11.6 Å². The standard InChI is InChI=1S/C12H8ClF5O/c13-9-8(14)2-1-7(10(9)15)11(19)5-3-6(4-5)12(16,17)18/h1-2,5-6H,3-4H2/t5-,6-. The van der Waals surface area contributed by atoms with Crippen LogP contribution in [0.1, 0.15) is 23.2 Å². The SMILES string of the molecule is O=C(c1ccc(F)c(Cl)c1F)[C@H]1C[C@H](C(F)(F)F)C1. The molecule has 1 fully saturated rings. The minimum Gasteiger partial charge on any atom is -0.294 e. The van der Waals surface area contributed by atoms with E-state index in [1.165, 1.54) is 0 Å². The average Bonchev–Trinajstić information content (AvgIpc) is 2.21. The van der Waals surface area contributed by atoms with E-state index in [1.54, 1.807) is 0 Å². The van der Waals surface area contributed by atoms with Gasteiger partial charge < -0.3 is 0 Å². The van der Waals surface area contributed by atoms with Crippen LogP contribution in [-0.2, 0) is 0 Å². The lowest BCUT2D eigenvalue weighted by Crippen LogP contribution is -2.39. The Hall–Kier alpha value is -1.17. The second kappa shape index (κ2) is 4.74. The molecule has 104 valence electrons. The van der Waals surface area contributed by atoms with Gasteiger partial charge in [-0.05, 0) is 25.0 Å². The van der Waals surface area contributed by atoms with Gasteiger partial charge in [0.1, 0.15) is 10.8 Å². The maximum absolute atomic E-state index is 13.5. The number of alkyl halides is 3. The molecule has 0 bridgehead atoms. The summed E-state index contributed by atoms with van der Waals surface area (Å²) in [5.41, 5.74) is -0.461. The van der Waals surface area contributed by atoms with Crippen molar-refractivity contribution in [2.45, 2.75) is 19.0 Å². The zero-order chi connectivity index (χ0) is 14.4. The molecule has 1 nitrogen and oxygen atoms in total. The summed E-state index contributed by atoms with van der Waals surface area (Å²) in [7, 11) is 0. The minimum absolute atomic E-state index is 0.364. The van der Waals surface area contributed by atoms with Crippen LogP contribution in [0.2, 0.25) is 5.02 Å². The van der Waals surface area contributed by atoms with E-state index in [-0.39, 0.29) is 12.8 Å². The largest absolute Gasteiger partial charge is 0.391 e. The fourth-order valence-corrected chi connectivity index (χ4v) is 2.20. The molecule has 0 N–H and O–H groups in total. The van der Waals surface area contributed by atoms with Crippen LogP contribution < -0.4 is 0 Å². The minimum atomic E-state index is -4.34. The normalized spacial score (nSPS) is 23.1. The number of halogens is 6. The topological polar surface area (TPSA) is 17.1 Å². The molecule has 1 aliphatic carbocycles. The van der Waals surface area contributed by atoms with Gasteiger partial charge in [-0.3, -0.25) is 4.79 Å². The molecule has 1 aromatic carbocycles. The molecule has 0 atom stereocenters. The van der Waals surface area contributed by atoms with Gasteiger partial charge in [-0.1, -0.05) is 11.6 Å². The third-order valence-corrected chi connectivity index (χ3v) is 3.62. The molecule has 0 radical (unpaired) electrons. The predicted molar refractivity (Wildman–Crippen MR) is 58.0 cm³/mol. The Kier molecular flexibility index (Phi) is 3.55. The Balaban J connectivity index is 2.13. The monoisotopic (exact) mass is 298 g/mol. The smallest absolute Gasteiger partial charge is 0.294 e. The van der Waals surface area contributed by atoms with E-state index in [2.05, 4.69) is 0 Å². The Bertz CT molecular complexity index is 520. The molecule has 0 saturated heterocycles. The Morgan fingerprint density at radius 3 is 2.32 bits per heavy atom. The number of Topliss-reactive ketones (excluding diaryl/α,β-unsaturated/α-hetero) is 1. The summed E-state index contributed by atoms with van der Waals surface area (Å²) in [5.74, 6) is -5.41. The van der Waals surface area contributed by atoms with E-state index >= 15 is 0 Å². The number of ketones is 1. The van der Waals surface area contributed by atoms with Gasteiger partial charge in [-0.15, -0.1) is 0 Å². The first kappa shape index (κ1) is 14.2. The Labute approximate surface area is 110 Å². The van der Waals surface area contributed by atoms with Crippen molar-refractivity contribution >= 4 is 17.4 Å². The van der Waals surface area contributed by atoms with Crippen LogP contribution in [0.5, 0.6) is 0 Å². The van der Waals surface area contributed by atoms with Crippen LogP contribution in [0.15, 0.2) is 12.1 Å². The summed E-state index contributed by atoms with van der Waals surface area (Å²) in [4.78, 5) is 11.8. The second-order valence-electron chi connectivity index (χ2n) is 4.49. The second-order valence-corrected chi connectivity index (χ2v) is 4.87. The summed E-state index contributed by atoms with van der Waals surface area (Å²) < 4.78 is 63.3. The molecule has 0 amide bonds. The Morgan fingerprint density at radius 2 is 1.79 bits per heavy atom. The highest BCUT2D eigenvalue weighted by atomic mass is 35.5. The molecule has 0 heterocycles. The lowest BCUT2D eigenvalue weighted by atomic mass is 9.71. The summed E-state index contributed by atoms with van der Waals surface area (Å²) in [6, 6.07) is 1.72. The van der Waals surface area contributed by atoms with Crippen molar-refractivity contribution in [1.82, 2.24) is 0 Å². The molecule has 7 heteroatoms. The number of carbonyl (C=O) groups is 1. The maximum atomic E-state index is 13.5. The highest BCUT2D eigenvalue weighted by Gasteiger charge is 2.50. The summed E-state index contributed by atoms with van der Waals surface area (Å²) in [5, 5.41) is -0.822. The molecular weight excluding hydrogens is 291 g/mol. The van der Waals surface area contributed by atoms with E-state index in [9.17, 15) is 26.7 Å². The van der Waals surface area contributed by atoms with E-state index in [0.717, 1.165) is 12.1 Å². The molecular formula is C12H8ClF5O. The van der Waals surface area contributed by atoms with Crippen LogP contribution in [0.4, 0.5) is 22.0 Å². The molecule has 2 rings (SSSR count). The molecule has 0 aromatic heterocycles. The van der Waals surface area contributed by atoms with E-state index < -0.39 is 46.0 Å². The molecule has 1 aliphatic rings. The third-order valence-electron chi connectivity index (χ3n) is 3.27. The highest BCUT2D eigenvalue weighted by molar-refractivity contribution is 6.31. The van der Waals surface area contributed by atoms with Crippen LogP contribution in [0.25, 0.3) is 0 Å². The number of hydrogen-bond donors (Lipinski definition) is 0. The van der Waals surface area contributed by atoms with Gasteiger partial charge in [0.2, 0.25) is 0 Å². The molecule has 0 spiro atoms. The zero-order valence-corrected chi connectivity index (χ0v) is 10.2. The van der Waals surface area contributed by atoms with Crippen molar-refractivity contribution in [3.05, 3.63) is 34.4 Å². The van der Waals surface area contributed by atoms with Gasteiger partial charge in [0, 0.05) is 5.92 Å². The maximum Gasteiger partial charge on any atom is 0.391 e. The number of hydrogen-bond acceptors (Lipinski definition) is 1. The van der Waals surface area contributed by atoms with Crippen molar-refractivity contribution in [3.8, 4) is 0 Å². The van der Waals surface area contributed by atoms with Crippen molar-refractivity contribution in [2.24, 2.45) is 11.8 Å². The first-order valence-corrected chi connectivity index (χ1v) is 5.84. The number of benzene rings is 1. The number of rotatable bonds is 2. The number of carbonyl (C=O) groups excluding carboxylic acids is 1. The quantitative estimate of drug-likeness (QED) is 0.449. The van der Waals surface area contributed by atoms with Gasteiger partial charge in [-0.2, -0.15) is 13.2 Å². The van der Waals surface area contributed by atoms with E-state index in [0.29, 0.717) is 0 Å². The fraction of sp³-hybridized carbons (Fsp3) is 0.417. The lowest BCUT2D eigenvalue weighted by Gasteiger charge is -2.35. The molecule has 0 unspecified atom stereocenters. The van der Waals surface area contributed by atoms with Crippen LogP contribution in [0.3, 0.4) is 0 Å². The highest BCUT2D eigenvalue weighted by Crippen LogP contribution is 2.46. The van der Waals surface area contributed by atoms with Crippen molar-refractivity contribution in [3.63, 3.8) is 0 Å². The summed E-state index contributed by atoms with van der Waals surface area (Å²) >= 11 is 5.31. The van der Waals surface area contributed by atoms with E-state index in [4.69, 9.17) is 11.6 Å². The molecule has 19 heavy (non-hydrogen) atoms. The van der Waals surface area contributed by atoms with Crippen molar-refractivity contribution in [2.75, 3.05) is 0 Å². The van der Waals surface area contributed by atoms with Gasteiger partial charge in [-0.25, -0.2) is 8.78 Å². The van der Waals surface area contributed by atoms with Crippen molar-refractivity contribution < 1.29 is 26.7 Å². The fourth-order valence-electron chi connectivity index (χ4n) is 2.04. The lowest BCUT2D eigenvalue weighted by molar-refractivity contribution is -0.200. The van der Waals surface area contributed by atoms with Crippen molar-refractivity contribution in [1.29, 1.82) is 0 Å². The van der Waals surface area contributed by atoms with Crippen LogP contribution in [0, 0.1) is 23.5 Å². The first-order chi connectivity index (χ1) is 8.71. The van der Waals surface area contributed by atoms with Gasteiger partial charge in [0.25, 0.3) is 0 Å². The van der Waals surface area contributed by atoms with Gasteiger partial charge >= 0.3 is 6.18 Å². The first-order valence-electron chi connectivity index (χ1n) is 5.46. The summed E-state index contributed by atoms with van der Waals surface area (Å²) in [6.07, 6.45) is -5.07. The molecule has 0 aliphatic heterocycles.